The van der Waals surface area contributed by atoms with Crippen molar-refractivity contribution in [2.24, 2.45) is 5.41 Å². The Hall–Kier alpha value is -4.64. The van der Waals surface area contributed by atoms with Gasteiger partial charge in [-0.3, -0.25) is 0 Å². The van der Waals surface area contributed by atoms with Gasteiger partial charge in [-0.05, 0) is 61.6 Å². The fraction of sp³-hybridized carbons (Fsp3) is 0.282. The zero-order valence-corrected chi connectivity index (χ0v) is 25.4. The summed E-state index contributed by atoms with van der Waals surface area (Å²) < 4.78 is 2.45. The molecule has 218 valence electrons. The maximum absolute atomic E-state index is 5.48. The summed E-state index contributed by atoms with van der Waals surface area (Å²) in [7, 11) is 0. The number of aromatic nitrogens is 3. The molecule has 0 radical (unpaired) electrons. The zero-order valence-electron chi connectivity index (χ0n) is 25.4. The van der Waals surface area contributed by atoms with E-state index in [2.05, 4.69) is 131 Å². The molecule has 4 aromatic carbocycles. The highest BCUT2D eigenvalue weighted by atomic mass is 15.5. The average Bonchev–Trinajstić information content (AvgIpc) is 3.57. The van der Waals surface area contributed by atoms with E-state index in [1.54, 1.807) is 0 Å². The van der Waals surface area contributed by atoms with Crippen molar-refractivity contribution in [3.05, 3.63) is 121 Å². The molecule has 0 N–H and O–H groups in total. The normalized spacial score (nSPS) is 23.3. The zero-order chi connectivity index (χ0) is 29.5. The smallest absolute Gasteiger partial charge is 0.178 e. The van der Waals surface area contributed by atoms with Crippen molar-refractivity contribution in [2.75, 3.05) is 9.80 Å². The van der Waals surface area contributed by atoms with Crippen LogP contribution in [-0.2, 0) is 18.4 Å². The number of anilines is 4. The quantitative estimate of drug-likeness (QED) is 0.198. The lowest BCUT2D eigenvalue weighted by Crippen LogP contribution is -2.69. The van der Waals surface area contributed by atoms with Gasteiger partial charge in [0, 0.05) is 57.0 Å². The molecular weight excluding hydrogens is 538 g/mol. The molecule has 3 unspecified atom stereocenters. The van der Waals surface area contributed by atoms with Crippen molar-refractivity contribution in [1.82, 2.24) is 14.5 Å². The first-order chi connectivity index (χ1) is 21.7. The van der Waals surface area contributed by atoms with Crippen LogP contribution in [0.15, 0.2) is 109 Å². The molecule has 5 nitrogen and oxygen atoms in total. The lowest BCUT2D eigenvalue weighted by molar-refractivity contribution is -0.0455. The number of para-hydroxylation sites is 4. The summed E-state index contributed by atoms with van der Waals surface area (Å²) in [5.74, 6) is 1.97. The largest absolute Gasteiger partial charge is 0.340 e. The first-order valence-corrected chi connectivity index (χ1v) is 16.3. The van der Waals surface area contributed by atoms with Crippen LogP contribution in [0.25, 0.3) is 21.8 Å². The van der Waals surface area contributed by atoms with E-state index in [4.69, 9.17) is 9.97 Å². The minimum atomic E-state index is 0.109. The molecule has 0 bridgehead atoms. The Morgan fingerprint density at radius 1 is 0.705 bits per heavy atom. The Balaban J connectivity index is 1.19. The Bertz CT molecular complexity index is 1990. The van der Waals surface area contributed by atoms with Gasteiger partial charge in [0.05, 0.1) is 11.9 Å². The summed E-state index contributed by atoms with van der Waals surface area (Å²) in [5.41, 5.74) is 7.83. The fourth-order valence-corrected chi connectivity index (χ4v) is 9.30. The third-order valence-electron chi connectivity index (χ3n) is 11.4. The van der Waals surface area contributed by atoms with Crippen LogP contribution in [0.1, 0.15) is 50.8 Å². The minimum Gasteiger partial charge on any atom is -0.340 e. The monoisotopic (exact) mass is 575 g/mol. The van der Waals surface area contributed by atoms with Gasteiger partial charge in [-0.1, -0.05) is 86.6 Å². The van der Waals surface area contributed by atoms with Gasteiger partial charge in [0.1, 0.15) is 6.17 Å². The summed E-state index contributed by atoms with van der Waals surface area (Å²) in [5, 5.41) is 2.61. The second kappa shape index (κ2) is 9.43. The van der Waals surface area contributed by atoms with Gasteiger partial charge in [-0.25, -0.2) is 9.97 Å². The number of aryl methyl sites for hydroxylation is 2. The number of fused-ring (bicyclic) bond motifs is 11. The molecule has 0 spiro atoms. The van der Waals surface area contributed by atoms with E-state index in [9.17, 15) is 0 Å². The SMILES string of the molecule is CCC12CCC1(CC)C1N(c3ccccc3)c3ncc(CCn4c5ccccc5c5ccccc54)nc3N1c1ccccc12. The van der Waals surface area contributed by atoms with Crippen molar-refractivity contribution in [3.63, 3.8) is 0 Å². The van der Waals surface area contributed by atoms with Gasteiger partial charge < -0.3 is 14.4 Å². The number of hydrogen-bond acceptors (Lipinski definition) is 4. The predicted octanol–water partition coefficient (Wildman–Crippen LogP) is 9.29. The van der Waals surface area contributed by atoms with Crippen LogP contribution in [0.3, 0.4) is 0 Å². The minimum absolute atomic E-state index is 0.109. The maximum Gasteiger partial charge on any atom is 0.178 e. The van der Waals surface area contributed by atoms with Crippen molar-refractivity contribution >= 4 is 44.8 Å². The first-order valence-electron chi connectivity index (χ1n) is 16.3. The predicted molar refractivity (Wildman–Crippen MR) is 180 cm³/mol. The molecule has 0 amide bonds. The molecule has 6 aromatic rings. The molecule has 0 saturated heterocycles. The molecule has 5 heteroatoms. The summed E-state index contributed by atoms with van der Waals surface area (Å²) in [6.45, 7) is 5.65. The van der Waals surface area contributed by atoms with E-state index in [0.717, 1.165) is 43.1 Å². The van der Waals surface area contributed by atoms with Crippen LogP contribution in [0.2, 0.25) is 0 Å². The van der Waals surface area contributed by atoms with Gasteiger partial charge in [-0.2, -0.15) is 0 Å². The number of benzene rings is 4. The molecule has 1 saturated carbocycles. The number of rotatable bonds is 6. The first kappa shape index (κ1) is 25.8. The van der Waals surface area contributed by atoms with E-state index in [1.165, 1.54) is 51.6 Å². The van der Waals surface area contributed by atoms with Gasteiger partial charge in [-0.15, -0.1) is 0 Å². The van der Waals surface area contributed by atoms with Crippen molar-refractivity contribution in [2.45, 2.75) is 64.1 Å². The topological polar surface area (TPSA) is 37.2 Å². The van der Waals surface area contributed by atoms with Crippen molar-refractivity contribution in [3.8, 4) is 0 Å². The highest BCUT2D eigenvalue weighted by molar-refractivity contribution is 6.08. The summed E-state index contributed by atoms with van der Waals surface area (Å²) in [6.07, 6.45) is 7.69. The highest BCUT2D eigenvalue weighted by Gasteiger charge is 2.69. The van der Waals surface area contributed by atoms with Crippen LogP contribution in [0.5, 0.6) is 0 Å². The van der Waals surface area contributed by atoms with Crippen molar-refractivity contribution < 1.29 is 0 Å². The Morgan fingerprint density at radius 2 is 1.39 bits per heavy atom. The van der Waals surface area contributed by atoms with Crippen LogP contribution < -0.4 is 9.80 Å². The fourth-order valence-electron chi connectivity index (χ4n) is 9.30. The molecule has 3 aliphatic rings. The van der Waals surface area contributed by atoms with E-state index >= 15 is 0 Å². The third-order valence-corrected chi connectivity index (χ3v) is 11.4. The van der Waals surface area contributed by atoms with E-state index in [1.807, 2.05) is 6.20 Å². The molecular formula is C39H37N5. The van der Waals surface area contributed by atoms with E-state index in [0.29, 0.717) is 0 Å². The van der Waals surface area contributed by atoms with Gasteiger partial charge >= 0.3 is 0 Å². The van der Waals surface area contributed by atoms with Crippen LogP contribution in [-0.4, -0.2) is 20.7 Å². The average molecular weight is 576 g/mol. The molecule has 9 rings (SSSR count). The molecule has 4 heterocycles. The maximum atomic E-state index is 5.48. The molecule has 1 aliphatic carbocycles. The molecule has 1 fully saturated rings. The van der Waals surface area contributed by atoms with Gasteiger partial charge in [0.15, 0.2) is 11.6 Å². The van der Waals surface area contributed by atoms with Gasteiger partial charge in [0.2, 0.25) is 0 Å². The second-order valence-corrected chi connectivity index (χ2v) is 12.9. The Kier molecular flexibility index (Phi) is 5.53. The second-order valence-electron chi connectivity index (χ2n) is 12.9. The van der Waals surface area contributed by atoms with Crippen LogP contribution >= 0.6 is 0 Å². The number of nitrogens with zero attached hydrogens (tertiary/aromatic N) is 5. The standard InChI is InChI=1S/C39H37N5/c1-3-38-23-24-39(38,4-2)37-43(28-14-6-5-7-15-28)35-36(44(37)34-21-13-10-18-31(34)38)41-27(26-40-35)22-25-42-32-19-11-8-16-29(32)30-17-9-12-20-33(30)42/h5-21,26,37H,3-4,22-25H2,1-2H3. The van der Waals surface area contributed by atoms with E-state index < -0.39 is 0 Å². The number of hydrogen-bond donors (Lipinski definition) is 0. The van der Waals surface area contributed by atoms with Crippen LogP contribution in [0, 0.1) is 5.41 Å². The molecule has 3 atom stereocenters. The highest BCUT2D eigenvalue weighted by Crippen LogP contribution is 2.72. The third kappa shape index (κ3) is 3.19. The molecule has 2 aliphatic heterocycles. The van der Waals surface area contributed by atoms with Crippen molar-refractivity contribution in [1.29, 1.82) is 0 Å². The summed E-state index contributed by atoms with van der Waals surface area (Å²) in [4.78, 5) is 15.8. The summed E-state index contributed by atoms with van der Waals surface area (Å²) in [6, 6.07) is 37.5. The molecule has 44 heavy (non-hydrogen) atoms. The lowest BCUT2D eigenvalue weighted by Gasteiger charge is -2.68. The molecule has 2 aromatic heterocycles. The Morgan fingerprint density at radius 3 is 2.07 bits per heavy atom. The van der Waals surface area contributed by atoms with E-state index in [-0.39, 0.29) is 17.0 Å². The lowest BCUT2D eigenvalue weighted by atomic mass is 9.42. The van der Waals surface area contributed by atoms with Gasteiger partial charge in [0.25, 0.3) is 0 Å². The Labute approximate surface area is 258 Å². The van der Waals surface area contributed by atoms with Crippen LogP contribution in [0.4, 0.5) is 23.0 Å². The summed E-state index contributed by atoms with van der Waals surface area (Å²) >= 11 is 0.